The zero-order valence-electron chi connectivity index (χ0n) is 11.0. The summed E-state index contributed by atoms with van der Waals surface area (Å²) in [5, 5.41) is 0. The second-order valence-electron chi connectivity index (χ2n) is 5.94. The number of carbonyl (C=O) groups excluding carboxylic acids is 2. The molecule has 2 fully saturated rings. The molecule has 1 aliphatic carbocycles. The first-order valence-electron chi connectivity index (χ1n) is 6.81. The van der Waals surface area contributed by atoms with Gasteiger partial charge in [0.2, 0.25) is 11.8 Å². The van der Waals surface area contributed by atoms with Crippen LogP contribution < -0.4 is 11.5 Å². The number of rotatable bonds is 2. The highest BCUT2D eigenvalue weighted by atomic mass is 16.2. The summed E-state index contributed by atoms with van der Waals surface area (Å²) in [5.41, 5.74) is 11.3. The number of primary amides is 1. The Bertz CT molecular complexity index is 335. The van der Waals surface area contributed by atoms with E-state index in [1.54, 1.807) is 4.90 Å². The second kappa shape index (κ2) is 5.26. The molecule has 0 spiro atoms. The molecule has 4 unspecified atom stereocenters. The summed E-state index contributed by atoms with van der Waals surface area (Å²) in [4.78, 5) is 25.3. The van der Waals surface area contributed by atoms with Crippen molar-refractivity contribution in [3.63, 3.8) is 0 Å². The summed E-state index contributed by atoms with van der Waals surface area (Å²) in [6.45, 7) is 3.30. The van der Waals surface area contributed by atoms with Gasteiger partial charge < -0.3 is 16.4 Å². The average molecular weight is 253 g/mol. The summed E-state index contributed by atoms with van der Waals surface area (Å²) in [6, 6.07) is 0.136. The highest BCUT2D eigenvalue weighted by Crippen LogP contribution is 2.30. The van der Waals surface area contributed by atoms with E-state index in [4.69, 9.17) is 11.5 Å². The van der Waals surface area contributed by atoms with Crippen LogP contribution in [0.1, 0.15) is 32.6 Å². The number of hydrogen-bond donors (Lipinski definition) is 2. The predicted molar refractivity (Wildman–Crippen MR) is 68.4 cm³/mol. The Morgan fingerprint density at radius 2 is 1.89 bits per heavy atom. The van der Waals surface area contributed by atoms with E-state index in [0.717, 1.165) is 19.3 Å². The standard InChI is InChI=1S/C13H23N3O2/c1-8-4-10(6-11(14)5-8)13(18)16-3-2-9(7-16)12(15)17/h8-11H,2-7,14H2,1H3,(H2,15,17). The fraction of sp³-hybridized carbons (Fsp3) is 0.846. The molecular formula is C13H23N3O2. The molecule has 4 N–H and O–H groups in total. The number of amides is 2. The summed E-state index contributed by atoms with van der Waals surface area (Å²) in [6.07, 6.45) is 3.41. The van der Waals surface area contributed by atoms with Crippen molar-refractivity contribution in [1.29, 1.82) is 0 Å². The maximum atomic E-state index is 12.4. The van der Waals surface area contributed by atoms with E-state index in [1.165, 1.54) is 0 Å². The molecule has 2 amide bonds. The number of carbonyl (C=O) groups is 2. The van der Waals surface area contributed by atoms with Crippen LogP contribution in [0, 0.1) is 17.8 Å². The fourth-order valence-corrected chi connectivity index (χ4v) is 3.31. The van der Waals surface area contributed by atoms with Crippen molar-refractivity contribution in [2.45, 2.75) is 38.6 Å². The lowest BCUT2D eigenvalue weighted by molar-refractivity contribution is -0.136. The number of likely N-dealkylation sites (tertiary alicyclic amines) is 1. The van der Waals surface area contributed by atoms with Gasteiger partial charge in [0, 0.05) is 25.0 Å². The van der Waals surface area contributed by atoms with Gasteiger partial charge in [0.25, 0.3) is 0 Å². The molecule has 0 bridgehead atoms. The molecule has 1 heterocycles. The molecule has 1 saturated heterocycles. The van der Waals surface area contributed by atoms with Crippen LogP contribution in [0.4, 0.5) is 0 Å². The van der Waals surface area contributed by atoms with Gasteiger partial charge in [-0.05, 0) is 31.6 Å². The van der Waals surface area contributed by atoms with Crippen LogP contribution in [0.5, 0.6) is 0 Å². The molecule has 2 aliphatic rings. The number of hydrogen-bond acceptors (Lipinski definition) is 3. The SMILES string of the molecule is CC1CC(N)CC(C(=O)N2CCC(C(N)=O)C2)C1. The van der Waals surface area contributed by atoms with Crippen LogP contribution in [-0.2, 0) is 9.59 Å². The maximum Gasteiger partial charge on any atom is 0.225 e. The molecule has 1 aliphatic heterocycles. The molecule has 2 rings (SSSR count). The Labute approximate surface area is 108 Å². The molecule has 0 aromatic carbocycles. The van der Waals surface area contributed by atoms with E-state index in [-0.39, 0.29) is 29.7 Å². The average Bonchev–Trinajstić information content (AvgIpc) is 2.75. The van der Waals surface area contributed by atoms with Crippen LogP contribution in [0.25, 0.3) is 0 Å². The molecule has 0 aromatic rings. The quantitative estimate of drug-likeness (QED) is 0.730. The topological polar surface area (TPSA) is 89.4 Å². The fourth-order valence-electron chi connectivity index (χ4n) is 3.31. The van der Waals surface area contributed by atoms with Gasteiger partial charge in [0.1, 0.15) is 0 Å². The maximum absolute atomic E-state index is 12.4. The third kappa shape index (κ3) is 2.83. The van der Waals surface area contributed by atoms with E-state index >= 15 is 0 Å². The molecular weight excluding hydrogens is 230 g/mol. The van der Waals surface area contributed by atoms with Gasteiger partial charge >= 0.3 is 0 Å². The van der Waals surface area contributed by atoms with Gasteiger partial charge in [0.05, 0.1) is 5.92 Å². The lowest BCUT2D eigenvalue weighted by atomic mass is 9.79. The zero-order chi connectivity index (χ0) is 13.3. The molecule has 0 radical (unpaired) electrons. The summed E-state index contributed by atoms with van der Waals surface area (Å²) in [7, 11) is 0. The van der Waals surface area contributed by atoms with Crippen LogP contribution >= 0.6 is 0 Å². The molecule has 18 heavy (non-hydrogen) atoms. The Morgan fingerprint density at radius 3 is 2.44 bits per heavy atom. The molecule has 5 nitrogen and oxygen atoms in total. The van der Waals surface area contributed by atoms with Crippen molar-refractivity contribution < 1.29 is 9.59 Å². The largest absolute Gasteiger partial charge is 0.369 e. The van der Waals surface area contributed by atoms with Gasteiger partial charge in [-0.1, -0.05) is 6.92 Å². The van der Waals surface area contributed by atoms with Crippen LogP contribution in [0.2, 0.25) is 0 Å². The first kappa shape index (κ1) is 13.3. The first-order chi connectivity index (χ1) is 8.47. The highest BCUT2D eigenvalue weighted by Gasteiger charge is 2.36. The minimum Gasteiger partial charge on any atom is -0.369 e. The molecule has 0 aromatic heterocycles. The van der Waals surface area contributed by atoms with Crippen molar-refractivity contribution in [3.8, 4) is 0 Å². The molecule has 102 valence electrons. The van der Waals surface area contributed by atoms with Gasteiger partial charge in [-0.25, -0.2) is 0 Å². The van der Waals surface area contributed by atoms with E-state index in [0.29, 0.717) is 25.4 Å². The third-order valence-electron chi connectivity index (χ3n) is 4.23. The lowest BCUT2D eigenvalue weighted by Crippen LogP contribution is -2.42. The minimum absolute atomic E-state index is 0.0374. The smallest absolute Gasteiger partial charge is 0.225 e. The second-order valence-corrected chi connectivity index (χ2v) is 5.94. The summed E-state index contributed by atoms with van der Waals surface area (Å²) < 4.78 is 0. The Hall–Kier alpha value is -1.10. The van der Waals surface area contributed by atoms with Crippen molar-refractivity contribution in [2.24, 2.45) is 29.2 Å². The third-order valence-corrected chi connectivity index (χ3v) is 4.23. The van der Waals surface area contributed by atoms with E-state index in [2.05, 4.69) is 6.92 Å². The Morgan fingerprint density at radius 1 is 1.17 bits per heavy atom. The van der Waals surface area contributed by atoms with Gasteiger partial charge in [-0.15, -0.1) is 0 Å². The van der Waals surface area contributed by atoms with Crippen LogP contribution in [0.3, 0.4) is 0 Å². The minimum atomic E-state index is -0.293. The summed E-state index contributed by atoms with van der Waals surface area (Å²) >= 11 is 0. The van der Waals surface area contributed by atoms with E-state index in [9.17, 15) is 9.59 Å². The van der Waals surface area contributed by atoms with Crippen LogP contribution in [0.15, 0.2) is 0 Å². The predicted octanol–water partition coefficient (Wildman–Crippen LogP) is 0.0837. The highest BCUT2D eigenvalue weighted by molar-refractivity contribution is 5.82. The molecule has 5 heteroatoms. The summed E-state index contributed by atoms with van der Waals surface area (Å²) in [5.74, 6) is 0.260. The van der Waals surface area contributed by atoms with E-state index < -0.39 is 0 Å². The lowest BCUT2D eigenvalue weighted by Gasteiger charge is -2.32. The zero-order valence-corrected chi connectivity index (χ0v) is 11.0. The normalized spacial score (nSPS) is 36.7. The molecule has 4 atom stereocenters. The molecule has 1 saturated carbocycles. The van der Waals surface area contributed by atoms with Gasteiger partial charge in [0.15, 0.2) is 0 Å². The van der Waals surface area contributed by atoms with E-state index in [1.807, 2.05) is 0 Å². The van der Waals surface area contributed by atoms with Crippen molar-refractivity contribution in [1.82, 2.24) is 4.90 Å². The first-order valence-corrected chi connectivity index (χ1v) is 6.81. The monoisotopic (exact) mass is 253 g/mol. The Balaban J connectivity index is 1.93. The number of nitrogens with two attached hydrogens (primary N) is 2. The van der Waals surface area contributed by atoms with Gasteiger partial charge in [-0.2, -0.15) is 0 Å². The number of nitrogens with zero attached hydrogens (tertiary/aromatic N) is 1. The van der Waals surface area contributed by atoms with Crippen molar-refractivity contribution in [3.05, 3.63) is 0 Å². The van der Waals surface area contributed by atoms with Crippen molar-refractivity contribution >= 4 is 11.8 Å². The van der Waals surface area contributed by atoms with Crippen LogP contribution in [-0.4, -0.2) is 35.8 Å². The Kier molecular flexibility index (Phi) is 3.90. The van der Waals surface area contributed by atoms with Gasteiger partial charge in [-0.3, -0.25) is 9.59 Å². The van der Waals surface area contributed by atoms with Crippen molar-refractivity contribution in [2.75, 3.05) is 13.1 Å².